The van der Waals surface area contributed by atoms with Gasteiger partial charge in [-0.15, -0.1) is 0 Å². The van der Waals surface area contributed by atoms with E-state index in [1.54, 1.807) is 33.5 Å². The highest BCUT2D eigenvalue weighted by molar-refractivity contribution is 5.93. The zero-order chi connectivity index (χ0) is 22.2. The van der Waals surface area contributed by atoms with Gasteiger partial charge in [0, 0.05) is 11.6 Å². The highest BCUT2D eigenvalue weighted by atomic mass is 16.5. The third-order valence-corrected chi connectivity index (χ3v) is 5.07. The van der Waals surface area contributed by atoms with Crippen LogP contribution in [0.15, 0.2) is 72.8 Å². The van der Waals surface area contributed by atoms with Crippen LogP contribution >= 0.6 is 0 Å². The molecule has 0 saturated heterocycles. The molecule has 1 atom stereocenters. The van der Waals surface area contributed by atoms with Crippen LogP contribution < -0.4 is 19.5 Å². The van der Waals surface area contributed by atoms with Gasteiger partial charge < -0.3 is 19.5 Å². The van der Waals surface area contributed by atoms with E-state index in [1.807, 2.05) is 67.6 Å². The van der Waals surface area contributed by atoms with Crippen molar-refractivity contribution >= 4 is 12.0 Å². The van der Waals surface area contributed by atoms with Gasteiger partial charge in [0.05, 0.1) is 27.4 Å². The monoisotopic (exact) mass is 417 g/mol. The molecule has 0 aromatic heterocycles. The van der Waals surface area contributed by atoms with E-state index in [1.165, 1.54) is 6.08 Å². The van der Waals surface area contributed by atoms with Crippen LogP contribution in [0.2, 0.25) is 0 Å². The first-order valence-corrected chi connectivity index (χ1v) is 9.97. The molecule has 0 unspecified atom stereocenters. The summed E-state index contributed by atoms with van der Waals surface area (Å²) in [5, 5.41) is 3.13. The molecule has 0 aliphatic carbocycles. The van der Waals surface area contributed by atoms with E-state index in [2.05, 4.69) is 5.32 Å². The molecule has 5 nitrogen and oxygen atoms in total. The molecular formula is C26H27NO4. The van der Waals surface area contributed by atoms with Gasteiger partial charge in [0.25, 0.3) is 0 Å². The largest absolute Gasteiger partial charge is 0.493 e. The Morgan fingerprint density at radius 2 is 1.52 bits per heavy atom. The van der Waals surface area contributed by atoms with Gasteiger partial charge in [-0.05, 0) is 41.8 Å². The van der Waals surface area contributed by atoms with Gasteiger partial charge in [0.1, 0.15) is 0 Å². The summed E-state index contributed by atoms with van der Waals surface area (Å²) in [6, 6.07) is 21.3. The SMILES string of the molecule is COc1ccc(/C=C/C(=O)N[C@@H](c2ccccc2)c2ccccc2C)c(OC)c1OC. The van der Waals surface area contributed by atoms with E-state index in [0.29, 0.717) is 22.8 Å². The van der Waals surface area contributed by atoms with Crippen LogP contribution in [0.4, 0.5) is 0 Å². The Bertz CT molecular complexity index is 1060. The van der Waals surface area contributed by atoms with E-state index in [4.69, 9.17) is 14.2 Å². The van der Waals surface area contributed by atoms with E-state index >= 15 is 0 Å². The number of carbonyl (C=O) groups excluding carboxylic acids is 1. The van der Waals surface area contributed by atoms with Gasteiger partial charge in [0.2, 0.25) is 11.7 Å². The first-order valence-electron chi connectivity index (χ1n) is 9.97. The van der Waals surface area contributed by atoms with Crippen LogP contribution in [-0.4, -0.2) is 27.2 Å². The Balaban J connectivity index is 1.89. The third-order valence-electron chi connectivity index (χ3n) is 5.07. The van der Waals surface area contributed by atoms with Gasteiger partial charge in [-0.2, -0.15) is 0 Å². The number of hydrogen-bond acceptors (Lipinski definition) is 4. The van der Waals surface area contributed by atoms with Crippen LogP contribution in [0, 0.1) is 6.92 Å². The Hall–Kier alpha value is -3.73. The maximum absolute atomic E-state index is 12.9. The lowest BCUT2D eigenvalue weighted by Crippen LogP contribution is -2.28. The van der Waals surface area contributed by atoms with Crippen molar-refractivity contribution < 1.29 is 19.0 Å². The molecule has 0 aliphatic rings. The molecule has 160 valence electrons. The first-order chi connectivity index (χ1) is 15.1. The van der Waals surface area contributed by atoms with Gasteiger partial charge in [-0.1, -0.05) is 54.6 Å². The van der Waals surface area contributed by atoms with Gasteiger partial charge in [-0.25, -0.2) is 0 Å². The molecule has 1 N–H and O–H groups in total. The van der Waals surface area contributed by atoms with E-state index in [-0.39, 0.29) is 11.9 Å². The molecule has 0 bridgehead atoms. The maximum atomic E-state index is 12.9. The van der Waals surface area contributed by atoms with Crippen molar-refractivity contribution in [2.75, 3.05) is 21.3 Å². The van der Waals surface area contributed by atoms with Crippen LogP contribution in [0.3, 0.4) is 0 Å². The Kier molecular flexibility index (Phi) is 7.33. The molecule has 31 heavy (non-hydrogen) atoms. The standard InChI is InChI=1S/C26H27NO4/c1-18-10-8-9-13-21(18)24(19-11-6-5-7-12-19)27-23(28)17-15-20-14-16-22(29-2)26(31-4)25(20)30-3/h5-17,24H,1-4H3,(H,27,28)/b17-15+/t24-/m0/s1. The van der Waals surface area contributed by atoms with Crippen molar-refractivity contribution in [2.45, 2.75) is 13.0 Å². The number of aryl methyl sites for hydroxylation is 1. The van der Waals surface area contributed by atoms with Gasteiger partial charge in [-0.3, -0.25) is 4.79 Å². The summed E-state index contributed by atoms with van der Waals surface area (Å²) >= 11 is 0. The molecule has 0 radical (unpaired) electrons. The fourth-order valence-electron chi connectivity index (χ4n) is 3.51. The van der Waals surface area contributed by atoms with E-state index < -0.39 is 0 Å². The predicted molar refractivity (Wildman–Crippen MR) is 123 cm³/mol. The van der Waals surface area contributed by atoms with Gasteiger partial charge in [0.15, 0.2) is 11.5 Å². The summed E-state index contributed by atoms with van der Waals surface area (Å²) < 4.78 is 16.2. The second kappa shape index (κ2) is 10.3. The zero-order valence-corrected chi connectivity index (χ0v) is 18.2. The fraction of sp³-hybridized carbons (Fsp3) is 0.192. The summed E-state index contributed by atoms with van der Waals surface area (Å²) in [6.07, 6.45) is 3.20. The summed E-state index contributed by atoms with van der Waals surface area (Å²) in [5.74, 6) is 1.33. The summed E-state index contributed by atoms with van der Waals surface area (Å²) in [4.78, 5) is 12.9. The van der Waals surface area contributed by atoms with Crippen LogP contribution in [0.1, 0.15) is 28.3 Å². The Labute approximate surface area is 183 Å². The second-order valence-corrected chi connectivity index (χ2v) is 6.97. The minimum Gasteiger partial charge on any atom is -0.493 e. The summed E-state index contributed by atoms with van der Waals surface area (Å²) in [6.45, 7) is 2.04. The quantitative estimate of drug-likeness (QED) is 0.528. The summed E-state index contributed by atoms with van der Waals surface area (Å²) in [5.41, 5.74) is 3.89. The summed E-state index contributed by atoms with van der Waals surface area (Å²) in [7, 11) is 4.67. The molecular weight excluding hydrogens is 390 g/mol. The normalized spacial score (nSPS) is 11.7. The lowest BCUT2D eigenvalue weighted by atomic mass is 9.95. The van der Waals surface area contributed by atoms with E-state index in [0.717, 1.165) is 16.7 Å². The Morgan fingerprint density at radius 3 is 2.16 bits per heavy atom. The van der Waals surface area contributed by atoms with Crippen LogP contribution in [0.5, 0.6) is 17.2 Å². The number of rotatable bonds is 8. The molecule has 3 aromatic rings. The topological polar surface area (TPSA) is 56.8 Å². The first kappa shape index (κ1) is 22.0. The number of ether oxygens (including phenoxy) is 3. The molecule has 3 aromatic carbocycles. The van der Waals surface area contributed by atoms with Crippen molar-refractivity contribution in [3.8, 4) is 17.2 Å². The molecule has 0 spiro atoms. The maximum Gasteiger partial charge on any atom is 0.244 e. The molecule has 3 rings (SSSR count). The zero-order valence-electron chi connectivity index (χ0n) is 18.2. The predicted octanol–water partition coefficient (Wildman–Crippen LogP) is 4.94. The lowest BCUT2D eigenvalue weighted by Gasteiger charge is -2.21. The Morgan fingerprint density at radius 1 is 0.839 bits per heavy atom. The third kappa shape index (κ3) is 5.07. The molecule has 0 saturated carbocycles. The highest BCUT2D eigenvalue weighted by Crippen LogP contribution is 2.40. The number of hydrogen-bond donors (Lipinski definition) is 1. The number of carbonyl (C=O) groups is 1. The smallest absolute Gasteiger partial charge is 0.244 e. The molecule has 0 heterocycles. The van der Waals surface area contributed by atoms with Crippen molar-refractivity contribution in [3.05, 3.63) is 95.1 Å². The average Bonchev–Trinajstić information content (AvgIpc) is 2.81. The van der Waals surface area contributed by atoms with Gasteiger partial charge >= 0.3 is 0 Å². The van der Waals surface area contributed by atoms with Crippen LogP contribution in [0.25, 0.3) is 6.08 Å². The van der Waals surface area contributed by atoms with Crippen LogP contribution in [-0.2, 0) is 4.79 Å². The number of amides is 1. The lowest BCUT2D eigenvalue weighted by molar-refractivity contribution is -0.116. The average molecular weight is 418 g/mol. The minimum absolute atomic E-state index is 0.214. The molecule has 1 amide bonds. The van der Waals surface area contributed by atoms with Crippen molar-refractivity contribution in [3.63, 3.8) is 0 Å². The number of nitrogens with one attached hydrogen (secondary N) is 1. The second-order valence-electron chi connectivity index (χ2n) is 6.97. The van der Waals surface area contributed by atoms with Crippen molar-refractivity contribution in [1.82, 2.24) is 5.32 Å². The minimum atomic E-state index is -0.258. The number of methoxy groups -OCH3 is 3. The van der Waals surface area contributed by atoms with Crippen molar-refractivity contribution in [1.29, 1.82) is 0 Å². The van der Waals surface area contributed by atoms with E-state index in [9.17, 15) is 4.79 Å². The highest BCUT2D eigenvalue weighted by Gasteiger charge is 2.18. The fourth-order valence-corrected chi connectivity index (χ4v) is 3.51. The molecule has 0 aliphatic heterocycles. The molecule has 5 heteroatoms. The van der Waals surface area contributed by atoms with Crippen molar-refractivity contribution in [2.24, 2.45) is 0 Å². The molecule has 0 fully saturated rings. The number of benzene rings is 3.